The van der Waals surface area contributed by atoms with E-state index in [0.717, 1.165) is 36.7 Å². The first-order valence-corrected chi connectivity index (χ1v) is 8.23. The second kappa shape index (κ2) is 7.11. The molecule has 1 aliphatic heterocycles. The second-order valence-corrected chi connectivity index (χ2v) is 6.35. The van der Waals surface area contributed by atoms with Gasteiger partial charge in [0.15, 0.2) is 0 Å². The Kier molecular flexibility index (Phi) is 5.45. The van der Waals surface area contributed by atoms with Crippen molar-refractivity contribution < 1.29 is 14.7 Å². The van der Waals surface area contributed by atoms with Gasteiger partial charge in [0.2, 0.25) is 0 Å². The maximum Gasteiger partial charge on any atom is 0.326 e. The topological polar surface area (TPSA) is 62.5 Å². The number of carbonyl (C=O) groups excluding carboxylic acids is 1. The summed E-state index contributed by atoms with van der Waals surface area (Å²) in [5, 5.41) is 9.40. The number of hydrogen-bond acceptors (Lipinski definition) is 2. The summed E-state index contributed by atoms with van der Waals surface area (Å²) in [5.41, 5.74) is 0.567. The van der Waals surface area contributed by atoms with E-state index in [4.69, 9.17) is 0 Å². The van der Waals surface area contributed by atoms with Crippen LogP contribution in [0.5, 0.6) is 0 Å². The summed E-state index contributed by atoms with van der Waals surface area (Å²) < 4.78 is 2.75. The van der Waals surface area contributed by atoms with Crippen molar-refractivity contribution >= 4 is 27.8 Å². The molecule has 1 unspecified atom stereocenters. The van der Waals surface area contributed by atoms with E-state index in [-0.39, 0.29) is 5.91 Å². The fraction of sp³-hybridized carbons (Fsp3) is 0.600. The number of carbonyl (C=O) groups is 2. The number of aromatic nitrogens is 1. The molecule has 21 heavy (non-hydrogen) atoms. The minimum atomic E-state index is -0.905. The highest BCUT2D eigenvalue weighted by molar-refractivity contribution is 9.10. The van der Waals surface area contributed by atoms with E-state index in [2.05, 4.69) is 15.9 Å². The summed E-state index contributed by atoms with van der Waals surface area (Å²) in [7, 11) is 0. The van der Waals surface area contributed by atoms with Gasteiger partial charge in [-0.1, -0.05) is 19.8 Å². The zero-order valence-electron chi connectivity index (χ0n) is 12.2. The molecule has 1 aromatic heterocycles. The third-order valence-electron chi connectivity index (χ3n) is 3.85. The van der Waals surface area contributed by atoms with Crippen molar-refractivity contribution in [3.8, 4) is 0 Å². The van der Waals surface area contributed by atoms with Crippen molar-refractivity contribution in [3.63, 3.8) is 0 Å². The molecule has 5 nitrogen and oxygen atoms in total. The Labute approximate surface area is 133 Å². The zero-order valence-corrected chi connectivity index (χ0v) is 13.8. The number of halogens is 1. The van der Waals surface area contributed by atoms with Crippen LogP contribution in [0.4, 0.5) is 0 Å². The lowest BCUT2D eigenvalue weighted by Crippen LogP contribution is -2.45. The Morgan fingerprint density at radius 1 is 1.38 bits per heavy atom. The van der Waals surface area contributed by atoms with E-state index >= 15 is 0 Å². The maximum atomic E-state index is 12.8. The molecule has 1 saturated heterocycles. The summed E-state index contributed by atoms with van der Waals surface area (Å²) in [6.45, 7) is 3.32. The highest BCUT2D eigenvalue weighted by Gasteiger charge is 2.32. The number of likely N-dealkylation sites (tertiary alicyclic amines) is 1. The third-order valence-corrected chi connectivity index (χ3v) is 4.28. The highest BCUT2D eigenvalue weighted by atomic mass is 79.9. The SMILES string of the molecule is CCCn1cc(Br)cc1C(=O)N1CCCCCC1C(=O)O. The first-order valence-electron chi connectivity index (χ1n) is 7.44. The van der Waals surface area contributed by atoms with E-state index in [1.165, 1.54) is 4.90 Å². The average molecular weight is 357 g/mol. The molecule has 1 amide bonds. The molecular formula is C15H21BrN2O3. The quantitative estimate of drug-likeness (QED) is 0.901. The van der Waals surface area contributed by atoms with Gasteiger partial charge < -0.3 is 14.6 Å². The van der Waals surface area contributed by atoms with Crippen LogP contribution in [0.1, 0.15) is 49.5 Å². The molecule has 6 heteroatoms. The molecule has 0 saturated carbocycles. The first kappa shape index (κ1) is 16.1. The zero-order chi connectivity index (χ0) is 15.4. The number of nitrogens with zero attached hydrogens (tertiary/aromatic N) is 2. The molecule has 2 heterocycles. The van der Waals surface area contributed by atoms with E-state index < -0.39 is 12.0 Å². The van der Waals surface area contributed by atoms with E-state index in [1.54, 1.807) is 6.07 Å². The summed E-state index contributed by atoms with van der Waals surface area (Å²) in [6.07, 6.45) is 6.05. The van der Waals surface area contributed by atoms with Crippen LogP contribution in [-0.2, 0) is 11.3 Å². The van der Waals surface area contributed by atoms with E-state index in [9.17, 15) is 14.7 Å². The van der Waals surface area contributed by atoms with Gasteiger partial charge in [0.05, 0.1) is 0 Å². The van der Waals surface area contributed by atoms with Gasteiger partial charge in [-0.25, -0.2) is 4.79 Å². The van der Waals surface area contributed by atoms with Crippen LogP contribution in [0.2, 0.25) is 0 Å². The molecule has 0 spiro atoms. The van der Waals surface area contributed by atoms with Crippen molar-refractivity contribution in [1.29, 1.82) is 0 Å². The van der Waals surface area contributed by atoms with Crippen molar-refractivity contribution in [3.05, 3.63) is 22.4 Å². The lowest BCUT2D eigenvalue weighted by Gasteiger charge is -2.27. The number of rotatable bonds is 4. The fourth-order valence-electron chi connectivity index (χ4n) is 2.83. The Morgan fingerprint density at radius 2 is 2.14 bits per heavy atom. The molecule has 2 rings (SSSR count). The van der Waals surface area contributed by atoms with Gasteiger partial charge in [-0.15, -0.1) is 0 Å². The van der Waals surface area contributed by atoms with E-state index in [0.29, 0.717) is 18.7 Å². The number of carboxylic acids is 1. The van der Waals surface area contributed by atoms with Crippen molar-refractivity contribution in [2.24, 2.45) is 0 Å². The normalized spacial score (nSPS) is 19.3. The number of amides is 1. The largest absolute Gasteiger partial charge is 0.480 e. The van der Waals surface area contributed by atoms with Gasteiger partial charge in [-0.05, 0) is 41.3 Å². The molecule has 0 aromatic carbocycles. The van der Waals surface area contributed by atoms with Crippen LogP contribution in [0.15, 0.2) is 16.7 Å². The molecule has 1 atom stereocenters. The predicted octanol–water partition coefficient (Wildman–Crippen LogP) is 3.13. The minimum absolute atomic E-state index is 0.177. The Hall–Kier alpha value is -1.30. The molecule has 116 valence electrons. The van der Waals surface area contributed by atoms with Crippen molar-refractivity contribution in [2.75, 3.05) is 6.54 Å². The van der Waals surface area contributed by atoms with Gasteiger partial charge in [0.25, 0.3) is 5.91 Å². The summed E-state index contributed by atoms with van der Waals surface area (Å²) >= 11 is 3.40. The Bertz CT molecular complexity index is 527. The van der Waals surface area contributed by atoms with Gasteiger partial charge in [0, 0.05) is 23.8 Å². The molecular weight excluding hydrogens is 336 g/mol. The minimum Gasteiger partial charge on any atom is -0.480 e. The van der Waals surface area contributed by atoms with Gasteiger partial charge in [0.1, 0.15) is 11.7 Å². The van der Waals surface area contributed by atoms with E-state index in [1.807, 2.05) is 17.7 Å². The van der Waals surface area contributed by atoms with Crippen LogP contribution in [-0.4, -0.2) is 39.0 Å². The Balaban J connectivity index is 2.29. The number of hydrogen-bond donors (Lipinski definition) is 1. The standard InChI is InChI=1S/C15H21BrN2O3/c1-2-7-17-10-11(16)9-13(17)14(19)18-8-5-3-4-6-12(18)15(20)21/h9-10,12H,2-8H2,1H3,(H,20,21). The molecule has 1 fully saturated rings. The molecule has 1 aromatic rings. The monoisotopic (exact) mass is 356 g/mol. The van der Waals surface area contributed by atoms with Gasteiger partial charge in [-0.2, -0.15) is 0 Å². The summed E-state index contributed by atoms with van der Waals surface area (Å²) in [5.74, 6) is -1.08. The molecule has 0 aliphatic carbocycles. The first-order chi connectivity index (χ1) is 10.0. The maximum absolute atomic E-state index is 12.8. The van der Waals surface area contributed by atoms with Crippen LogP contribution in [0.25, 0.3) is 0 Å². The van der Waals surface area contributed by atoms with Crippen LogP contribution >= 0.6 is 15.9 Å². The molecule has 0 bridgehead atoms. The highest BCUT2D eigenvalue weighted by Crippen LogP contribution is 2.22. The van der Waals surface area contributed by atoms with Crippen LogP contribution < -0.4 is 0 Å². The Morgan fingerprint density at radius 3 is 2.81 bits per heavy atom. The lowest BCUT2D eigenvalue weighted by molar-refractivity contribution is -0.142. The lowest BCUT2D eigenvalue weighted by atomic mass is 10.1. The number of carboxylic acid groups (broad SMARTS) is 1. The van der Waals surface area contributed by atoms with Crippen LogP contribution in [0, 0.1) is 0 Å². The molecule has 0 radical (unpaired) electrons. The fourth-order valence-corrected chi connectivity index (χ4v) is 3.30. The summed E-state index contributed by atoms with van der Waals surface area (Å²) in [6, 6.07) is 1.07. The molecule has 1 aliphatic rings. The number of aryl methyl sites for hydroxylation is 1. The van der Waals surface area contributed by atoms with Crippen molar-refractivity contribution in [2.45, 2.75) is 51.6 Å². The smallest absolute Gasteiger partial charge is 0.326 e. The van der Waals surface area contributed by atoms with Crippen molar-refractivity contribution in [1.82, 2.24) is 9.47 Å². The van der Waals surface area contributed by atoms with Crippen LogP contribution in [0.3, 0.4) is 0 Å². The average Bonchev–Trinajstić information content (AvgIpc) is 2.65. The van der Waals surface area contributed by atoms with Gasteiger partial charge in [-0.3, -0.25) is 4.79 Å². The third kappa shape index (κ3) is 3.67. The molecule has 1 N–H and O–H groups in total. The number of aliphatic carboxylic acids is 1. The summed E-state index contributed by atoms with van der Waals surface area (Å²) in [4.78, 5) is 25.8. The predicted molar refractivity (Wildman–Crippen MR) is 83.4 cm³/mol. The van der Waals surface area contributed by atoms with Gasteiger partial charge >= 0.3 is 5.97 Å². The second-order valence-electron chi connectivity index (χ2n) is 5.44.